The third-order valence-corrected chi connectivity index (χ3v) is 4.89. The number of fused-ring (bicyclic) bond motifs is 1. The standard InChI is InChI=1S/C16H18N4S/c1-10-12(9-5-8-11-6-3-2-4-7-11)21-15-13(10)14(17)19-16(18)20-15/h2-4,6-7H,5,8-9H2,1H3,(H4,17,18,19,20). The van der Waals surface area contributed by atoms with E-state index >= 15 is 0 Å². The zero-order valence-corrected chi connectivity index (χ0v) is 12.8. The number of nitrogens with two attached hydrogens (primary N) is 2. The molecule has 4 N–H and O–H groups in total. The van der Waals surface area contributed by atoms with Crippen LogP contribution in [-0.4, -0.2) is 9.97 Å². The van der Waals surface area contributed by atoms with Crippen molar-refractivity contribution in [2.24, 2.45) is 0 Å². The Hall–Kier alpha value is -2.14. The van der Waals surface area contributed by atoms with Gasteiger partial charge in [-0.25, -0.2) is 4.98 Å². The first-order valence-corrected chi connectivity index (χ1v) is 7.81. The second-order valence-electron chi connectivity index (χ2n) is 5.14. The summed E-state index contributed by atoms with van der Waals surface area (Å²) in [5.41, 5.74) is 14.2. The molecule has 2 aromatic heterocycles. The van der Waals surface area contributed by atoms with Gasteiger partial charge in [-0.3, -0.25) is 0 Å². The third-order valence-electron chi connectivity index (χ3n) is 3.65. The average molecular weight is 298 g/mol. The third kappa shape index (κ3) is 2.83. The molecule has 0 bridgehead atoms. The van der Waals surface area contributed by atoms with Crippen molar-refractivity contribution in [2.75, 3.05) is 11.5 Å². The van der Waals surface area contributed by atoms with E-state index in [0.717, 1.165) is 29.5 Å². The largest absolute Gasteiger partial charge is 0.383 e. The molecule has 0 saturated heterocycles. The first kappa shape index (κ1) is 13.8. The summed E-state index contributed by atoms with van der Waals surface area (Å²) in [5, 5.41) is 0.962. The molecular formula is C16H18N4S. The molecule has 0 saturated carbocycles. The Kier molecular flexibility index (Phi) is 3.75. The highest BCUT2D eigenvalue weighted by Gasteiger charge is 2.13. The second kappa shape index (κ2) is 5.69. The van der Waals surface area contributed by atoms with E-state index in [1.165, 1.54) is 16.0 Å². The van der Waals surface area contributed by atoms with Crippen LogP contribution in [0, 0.1) is 6.92 Å². The summed E-state index contributed by atoms with van der Waals surface area (Å²) in [4.78, 5) is 10.6. The first-order chi connectivity index (χ1) is 10.1. The van der Waals surface area contributed by atoms with E-state index in [9.17, 15) is 0 Å². The quantitative estimate of drug-likeness (QED) is 0.774. The number of anilines is 2. The van der Waals surface area contributed by atoms with Crippen LogP contribution >= 0.6 is 11.3 Å². The number of nitrogens with zero attached hydrogens (tertiary/aromatic N) is 2. The van der Waals surface area contributed by atoms with Crippen molar-refractivity contribution in [1.29, 1.82) is 0 Å². The molecule has 4 nitrogen and oxygen atoms in total. The van der Waals surface area contributed by atoms with Crippen molar-refractivity contribution in [1.82, 2.24) is 9.97 Å². The van der Waals surface area contributed by atoms with Crippen molar-refractivity contribution in [3.8, 4) is 0 Å². The predicted molar refractivity (Wildman–Crippen MR) is 89.4 cm³/mol. The van der Waals surface area contributed by atoms with E-state index in [1.54, 1.807) is 11.3 Å². The molecule has 0 fully saturated rings. The smallest absolute Gasteiger partial charge is 0.223 e. The van der Waals surface area contributed by atoms with Gasteiger partial charge in [-0.15, -0.1) is 11.3 Å². The molecule has 3 rings (SSSR count). The monoisotopic (exact) mass is 298 g/mol. The van der Waals surface area contributed by atoms with Crippen molar-refractivity contribution >= 4 is 33.3 Å². The van der Waals surface area contributed by atoms with Gasteiger partial charge in [-0.2, -0.15) is 4.98 Å². The second-order valence-corrected chi connectivity index (χ2v) is 6.22. The van der Waals surface area contributed by atoms with Crippen LogP contribution in [0.3, 0.4) is 0 Å². The van der Waals surface area contributed by atoms with Crippen molar-refractivity contribution in [2.45, 2.75) is 26.2 Å². The highest BCUT2D eigenvalue weighted by Crippen LogP contribution is 2.33. The maximum absolute atomic E-state index is 5.97. The van der Waals surface area contributed by atoms with E-state index in [4.69, 9.17) is 11.5 Å². The molecule has 0 radical (unpaired) electrons. The molecule has 0 unspecified atom stereocenters. The number of rotatable bonds is 4. The van der Waals surface area contributed by atoms with Gasteiger partial charge in [0.15, 0.2) is 0 Å². The average Bonchev–Trinajstić information content (AvgIpc) is 2.76. The number of nitrogen functional groups attached to an aromatic ring is 2. The lowest BCUT2D eigenvalue weighted by Crippen LogP contribution is -1.99. The molecule has 0 aliphatic rings. The zero-order valence-electron chi connectivity index (χ0n) is 12.0. The van der Waals surface area contributed by atoms with Crippen LogP contribution in [0.4, 0.5) is 11.8 Å². The topological polar surface area (TPSA) is 77.8 Å². The van der Waals surface area contributed by atoms with Crippen molar-refractivity contribution in [3.63, 3.8) is 0 Å². The summed E-state index contributed by atoms with van der Waals surface area (Å²) in [6.45, 7) is 2.09. The van der Waals surface area contributed by atoms with Gasteiger partial charge in [-0.1, -0.05) is 30.3 Å². The summed E-state index contributed by atoms with van der Waals surface area (Å²) in [6.07, 6.45) is 3.22. The summed E-state index contributed by atoms with van der Waals surface area (Å²) < 4.78 is 0. The maximum atomic E-state index is 5.97. The van der Waals surface area contributed by atoms with Gasteiger partial charge in [0, 0.05) is 4.88 Å². The normalized spacial score (nSPS) is 11.1. The zero-order chi connectivity index (χ0) is 14.8. The van der Waals surface area contributed by atoms with E-state index < -0.39 is 0 Å². The first-order valence-electron chi connectivity index (χ1n) is 7.00. The van der Waals surface area contributed by atoms with Gasteiger partial charge in [0.1, 0.15) is 10.6 Å². The van der Waals surface area contributed by atoms with E-state index in [0.29, 0.717) is 5.82 Å². The molecule has 0 atom stereocenters. The van der Waals surface area contributed by atoms with Gasteiger partial charge < -0.3 is 11.5 Å². The molecule has 108 valence electrons. The molecule has 3 aromatic rings. The van der Waals surface area contributed by atoms with E-state index in [-0.39, 0.29) is 5.95 Å². The molecule has 0 aliphatic carbocycles. The fourth-order valence-electron chi connectivity index (χ4n) is 2.57. The lowest BCUT2D eigenvalue weighted by molar-refractivity contribution is 0.828. The predicted octanol–water partition coefficient (Wildman–Crippen LogP) is 3.34. The van der Waals surface area contributed by atoms with Crippen molar-refractivity contribution < 1.29 is 0 Å². The summed E-state index contributed by atoms with van der Waals surface area (Å²) in [7, 11) is 0. The Morgan fingerprint density at radius 2 is 1.81 bits per heavy atom. The van der Waals surface area contributed by atoms with Gasteiger partial charge in [0.25, 0.3) is 0 Å². The number of hydrogen-bond acceptors (Lipinski definition) is 5. The Morgan fingerprint density at radius 3 is 2.57 bits per heavy atom. The molecule has 21 heavy (non-hydrogen) atoms. The lowest BCUT2D eigenvalue weighted by Gasteiger charge is -2.02. The minimum absolute atomic E-state index is 0.247. The molecule has 0 amide bonds. The van der Waals surface area contributed by atoms with Gasteiger partial charge >= 0.3 is 0 Å². The number of hydrogen-bond donors (Lipinski definition) is 2. The molecule has 0 spiro atoms. The number of thiophene rings is 1. The van der Waals surface area contributed by atoms with Crippen LogP contribution in [0.5, 0.6) is 0 Å². The van der Waals surface area contributed by atoms with Gasteiger partial charge in [-0.05, 0) is 37.3 Å². The van der Waals surface area contributed by atoms with Crippen LogP contribution in [-0.2, 0) is 12.8 Å². The highest BCUT2D eigenvalue weighted by atomic mass is 32.1. The van der Waals surface area contributed by atoms with E-state index in [1.807, 2.05) is 6.07 Å². The number of aryl methyl sites for hydroxylation is 3. The minimum Gasteiger partial charge on any atom is -0.383 e. The van der Waals surface area contributed by atoms with Crippen LogP contribution in [0.1, 0.15) is 22.4 Å². The molecule has 5 heteroatoms. The molecular weight excluding hydrogens is 280 g/mol. The van der Waals surface area contributed by atoms with Crippen LogP contribution < -0.4 is 11.5 Å². The minimum atomic E-state index is 0.247. The lowest BCUT2D eigenvalue weighted by atomic mass is 10.1. The van der Waals surface area contributed by atoms with Crippen LogP contribution in [0.2, 0.25) is 0 Å². The molecule has 1 aromatic carbocycles. The van der Waals surface area contributed by atoms with Crippen molar-refractivity contribution in [3.05, 3.63) is 46.3 Å². The Morgan fingerprint density at radius 1 is 1.05 bits per heavy atom. The Balaban J connectivity index is 1.78. The van der Waals surface area contributed by atoms with Gasteiger partial charge in [0.2, 0.25) is 5.95 Å². The molecule has 2 heterocycles. The fourth-order valence-corrected chi connectivity index (χ4v) is 3.80. The number of aromatic nitrogens is 2. The van der Waals surface area contributed by atoms with E-state index in [2.05, 4.69) is 41.2 Å². The number of benzene rings is 1. The Bertz CT molecular complexity index is 765. The fraction of sp³-hybridized carbons (Fsp3) is 0.250. The van der Waals surface area contributed by atoms with Gasteiger partial charge in [0.05, 0.1) is 5.39 Å². The van der Waals surface area contributed by atoms with Crippen LogP contribution in [0.25, 0.3) is 10.2 Å². The van der Waals surface area contributed by atoms with Crippen LogP contribution in [0.15, 0.2) is 30.3 Å². The maximum Gasteiger partial charge on any atom is 0.223 e. The highest BCUT2D eigenvalue weighted by molar-refractivity contribution is 7.19. The summed E-state index contributed by atoms with van der Waals surface area (Å²) in [6, 6.07) is 10.5. The summed E-state index contributed by atoms with van der Waals surface area (Å²) >= 11 is 1.68. The molecule has 0 aliphatic heterocycles. The summed E-state index contributed by atoms with van der Waals surface area (Å²) in [5.74, 6) is 0.734. The Labute approximate surface area is 127 Å². The SMILES string of the molecule is Cc1c(CCCc2ccccc2)sc2nc(N)nc(N)c12.